The summed E-state index contributed by atoms with van der Waals surface area (Å²) < 4.78 is 16.7. The highest BCUT2D eigenvalue weighted by atomic mass is 19.1. The molecular weight excluding hydrogens is 171 g/mol. The molecule has 0 saturated carbocycles. The maximum absolute atomic E-state index is 11.9. The van der Waals surface area contributed by atoms with Gasteiger partial charge in [0.25, 0.3) is 0 Å². The zero-order valence-corrected chi connectivity index (χ0v) is 7.53. The van der Waals surface area contributed by atoms with Crippen molar-refractivity contribution in [3.8, 4) is 5.75 Å². The van der Waals surface area contributed by atoms with Crippen LogP contribution in [-0.2, 0) is 0 Å². The molecule has 1 aromatic carbocycles. The SMILES string of the molecule is CCC(O)c1ccccc1OCF. The molecule has 1 aromatic rings. The Hall–Kier alpha value is -1.09. The van der Waals surface area contributed by atoms with E-state index in [4.69, 9.17) is 4.74 Å². The van der Waals surface area contributed by atoms with Gasteiger partial charge in [0.15, 0.2) is 0 Å². The van der Waals surface area contributed by atoms with Crippen LogP contribution in [0.2, 0.25) is 0 Å². The fourth-order valence-corrected chi connectivity index (χ4v) is 1.17. The van der Waals surface area contributed by atoms with Crippen LogP contribution in [-0.4, -0.2) is 12.0 Å². The summed E-state index contributed by atoms with van der Waals surface area (Å²) in [4.78, 5) is 0. The number of halogens is 1. The van der Waals surface area contributed by atoms with Crippen LogP contribution in [0, 0.1) is 0 Å². The lowest BCUT2D eigenvalue weighted by molar-refractivity contribution is 0.153. The smallest absolute Gasteiger partial charge is 0.228 e. The highest BCUT2D eigenvalue weighted by Crippen LogP contribution is 2.26. The van der Waals surface area contributed by atoms with Gasteiger partial charge in [-0.05, 0) is 12.5 Å². The second kappa shape index (κ2) is 4.82. The molecule has 0 aliphatic rings. The summed E-state index contributed by atoms with van der Waals surface area (Å²) in [5, 5.41) is 9.53. The molecule has 1 N–H and O–H groups in total. The van der Waals surface area contributed by atoms with Crippen LogP contribution < -0.4 is 4.74 Å². The first kappa shape index (κ1) is 9.99. The van der Waals surface area contributed by atoms with E-state index in [0.29, 0.717) is 17.7 Å². The minimum atomic E-state index is -0.868. The molecule has 0 spiro atoms. The second-order valence-electron chi connectivity index (χ2n) is 2.72. The van der Waals surface area contributed by atoms with Gasteiger partial charge >= 0.3 is 0 Å². The molecule has 0 saturated heterocycles. The van der Waals surface area contributed by atoms with Crippen LogP contribution in [0.15, 0.2) is 24.3 Å². The van der Waals surface area contributed by atoms with Gasteiger partial charge in [-0.1, -0.05) is 25.1 Å². The van der Waals surface area contributed by atoms with E-state index in [0.717, 1.165) is 0 Å². The lowest BCUT2D eigenvalue weighted by atomic mass is 10.1. The van der Waals surface area contributed by atoms with Crippen molar-refractivity contribution in [1.82, 2.24) is 0 Å². The monoisotopic (exact) mass is 184 g/mol. The van der Waals surface area contributed by atoms with E-state index in [9.17, 15) is 9.50 Å². The number of aliphatic hydroxyl groups is 1. The molecule has 2 nitrogen and oxygen atoms in total. The maximum atomic E-state index is 11.9. The van der Waals surface area contributed by atoms with Crippen LogP contribution in [0.3, 0.4) is 0 Å². The molecule has 0 aromatic heterocycles. The quantitative estimate of drug-likeness (QED) is 0.778. The molecule has 1 rings (SSSR count). The van der Waals surface area contributed by atoms with Gasteiger partial charge < -0.3 is 9.84 Å². The first-order chi connectivity index (χ1) is 6.29. The van der Waals surface area contributed by atoms with Crippen LogP contribution in [0.25, 0.3) is 0 Å². The van der Waals surface area contributed by atoms with Crippen molar-refractivity contribution >= 4 is 0 Å². The van der Waals surface area contributed by atoms with Gasteiger partial charge in [-0.3, -0.25) is 0 Å². The van der Waals surface area contributed by atoms with E-state index in [1.807, 2.05) is 6.92 Å². The molecule has 13 heavy (non-hydrogen) atoms. The summed E-state index contributed by atoms with van der Waals surface area (Å²) >= 11 is 0. The fourth-order valence-electron chi connectivity index (χ4n) is 1.17. The highest BCUT2D eigenvalue weighted by molar-refractivity contribution is 5.34. The molecule has 0 aliphatic carbocycles. The Balaban J connectivity index is 2.90. The van der Waals surface area contributed by atoms with Gasteiger partial charge in [0, 0.05) is 5.56 Å². The Morgan fingerprint density at radius 1 is 1.46 bits per heavy atom. The molecule has 0 bridgehead atoms. The van der Waals surface area contributed by atoms with Gasteiger partial charge in [0.1, 0.15) is 5.75 Å². The Bertz CT molecular complexity index is 263. The molecule has 0 aliphatic heterocycles. The second-order valence-corrected chi connectivity index (χ2v) is 2.72. The number of rotatable bonds is 4. The minimum Gasteiger partial charge on any atom is -0.463 e. The zero-order valence-electron chi connectivity index (χ0n) is 7.53. The van der Waals surface area contributed by atoms with Crippen molar-refractivity contribution in [3.05, 3.63) is 29.8 Å². The topological polar surface area (TPSA) is 29.5 Å². The molecule has 0 heterocycles. The summed E-state index contributed by atoms with van der Waals surface area (Å²) in [5.41, 5.74) is 0.641. The normalized spacial score (nSPS) is 12.5. The molecule has 1 atom stereocenters. The lowest BCUT2D eigenvalue weighted by Gasteiger charge is -2.12. The predicted octanol–water partition coefficient (Wildman–Crippen LogP) is 2.44. The molecule has 72 valence electrons. The molecule has 1 unspecified atom stereocenters. The Morgan fingerprint density at radius 2 is 2.15 bits per heavy atom. The number of alkyl halides is 1. The summed E-state index contributed by atoms with van der Waals surface area (Å²) in [5.74, 6) is 0.416. The molecule has 3 heteroatoms. The van der Waals surface area contributed by atoms with Gasteiger partial charge in [0.05, 0.1) is 6.10 Å². The Kier molecular flexibility index (Phi) is 3.71. The predicted molar refractivity (Wildman–Crippen MR) is 48.3 cm³/mol. The lowest BCUT2D eigenvalue weighted by Crippen LogP contribution is -2.00. The van der Waals surface area contributed by atoms with E-state index in [1.54, 1.807) is 24.3 Å². The fraction of sp³-hybridized carbons (Fsp3) is 0.400. The minimum absolute atomic E-state index is 0.416. The number of para-hydroxylation sites is 1. The number of hydrogen-bond donors (Lipinski definition) is 1. The van der Waals surface area contributed by atoms with E-state index in [2.05, 4.69) is 0 Å². The Morgan fingerprint density at radius 3 is 2.77 bits per heavy atom. The van der Waals surface area contributed by atoms with Gasteiger partial charge in [-0.2, -0.15) is 0 Å². The third-order valence-electron chi connectivity index (χ3n) is 1.87. The average Bonchev–Trinajstić information content (AvgIpc) is 2.18. The van der Waals surface area contributed by atoms with Crippen molar-refractivity contribution in [2.45, 2.75) is 19.4 Å². The molecule has 0 amide bonds. The summed E-state index contributed by atoms with van der Waals surface area (Å²) in [6.07, 6.45) is 0.00915. The molecular formula is C10H13FO2. The van der Waals surface area contributed by atoms with Crippen LogP contribution in [0.5, 0.6) is 5.75 Å². The highest BCUT2D eigenvalue weighted by Gasteiger charge is 2.10. The maximum Gasteiger partial charge on any atom is 0.228 e. The van der Waals surface area contributed by atoms with E-state index in [1.165, 1.54) is 0 Å². The van der Waals surface area contributed by atoms with Gasteiger partial charge in [-0.15, -0.1) is 0 Å². The number of benzene rings is 1. The van der Waals surface area contributed by atoms with E-state index >= 15 is 0 Å². The van der Waals surface area contributed by atoms with Crippen molar-refractivity contribution in [2.75, 3.05) is 6.86 Å². The standard InChI is InChI=1S/C10H13FO2/c1-2-9(12)8-5-3-4-6-10(8)13-7-11/h3-6,9,12H,2,7H2,1H3. The van der Waals surface area contributed by atoms with Crippen LogP contribution in [0.1, 0.15) is 25.0 Å². The van der Waals surface area contributed by atoms with Crippen LogP contribution >= 0.6 is 0 Å². The van der Waals surface area contributed by atoms with Crippen molar-refractivity contribution in [2.24, 2.45) is 0 Å². The van der Waals surface area contributed by atoms with Crippen molar-refractivity contribution in [3.63, 3.8) is 0 Å². The molecule has 0 fully saturated rings. The van der Waals surface area contributed by atoms with E-state index < -0.39 is 13.0 Å². The molecule has 0 radical (unpaired) electrons. The zero-order chi connectivity index (χ0) is 9.68. The third kappa shape index (κ3) is 2.42. The average molecular weight is 184 g/mol. The first-order valence-electron chi connectivity index (χ1n) is 4.25. The Labute approximate surface area is 77.0 Å². The largest absolute Gasteiger partial charge is 0.463 e. The van der Waals surface area contributed by atoms with Gasteiger partial charge in [0.2, 0.25) is 6.86 Å². The summed E-state index contributed by atoms with van der Waals surface area (Å²) in [6, 6.07) is 6.92. The van der Waals surface area contributed by atoms with Crippen molar-refractivity contribution in [1.29, 1.82) is 0 Å². The number of hydrogen-bond acceptors (Lipinski definition) is 2. The van der Waals surface area contributed by atoms with Crippen LogP contribution in [0.4, 0.5) is 4.39 Å². The van der Waals surface area contributed by atoms with Gasteiger partial charge in [-0.25, -0.2) is 4.39 Å². The number of ether oxygens (including phenoxy) is 1. The first-order valence-corrected chi connectivity index (χ1v) is 4.25. The summed E-state index contributed by atoms with van der Waals surface area (Å²) in [7, 11) is 0. The number of aliphatic hydroxyl groups excluding tert-OH is 1. The van der Waals surface area contributed by atoms with Crippen molar-refractivity contribution < 1.29 is 14.2 Å². The summed E-state index contributed by atoms with van der Waals surface area (Å²) in [6.45, 7) is 0.990. The van der Waals surface area contributed by atoms with E-state index in [-0.39, 0.29) is 0 Å². The third-order valence-corrected chi connectivity index (χ3v) is 1.87.